The second-order valence-corrected chi connectivity index (χ2v) is 7.14. The molecule has 5 heteroatoms. The largest absolute Gasteiger partial charge is 0.360 e. The molecule has 25 heavy (non-hydrogen) atoms. The SMILES string of the molecule is Cc1cc(Cl)ccc1NC(=O)C[NH+]1CCN(c2ccccc2C)CC1. The van der Waals surface area contributed by atoms with Gasteiger partial charge in [-0.05, 0) is 49.2 Å². The van der Waals surface area contributed by atoms with Crippen molar-refractivity contribution < 1.29 is 9.69 Å². The van der Waals surface area contributed by atoms with E-state index in [0.717, 1.165) is 37.4 Å². The normalized spacial score (nSPS) is 15.2. The molecule has 2 aromatic rings. The third kappa shape index (κ3) is 4.53. The predicted octanol–water partition coefficient (Wildman–Crippen LogP) is 2.30. The molecule has 1 saturated heterocycles. The molecule has 132 valence electrons. The van der Waals surface area contributed by atoms with Crippen molar-refractivity contribution in [2.24, 2.45) is 0 Å². The minimum Gasteiger partial charge on any atom is -0.360 e. The van der Waals surface area contributed by atoms with Crippen LogP contribution < -0.4 is 15.1 Å². The van der Waals surface area contributed by atoms with Crippen LogP contribution in [0.15, 0.2) is 42.5 Å². The summed E-state index contributed by atoms with van der Waals surface area (Å²) in [6.07, 6.45) is 0. The summed E-state index contributed by atoms with van der Waals surface area (Å²) in [6, 6.07) is 14.0. The number of amides is 1. The Labute approximate surface area is 154 Å². The first-order chi connectivity index (χ1) is 12.0. The van der Waals surface area contributed by atoms with Gasteiger partial charge in [0.05, 0.1) is 26.2 Å². The van der Waals surface area contributed by atoms with E-state index in [1.807, 2.05) is 19.1 Å². The Kier molecular flexibility index (Phi) is 5.61. The molecule has 0 saturated carbocycles. The van der Waals surface area contributed by atoms with Gasteiger partial charge in [-0.15, -0.1) is 0 Å². The molecule has 1 fully saturated rings. The van der Waals surface area contributed by atoms with Gasteiger partial charge in [-0.1, -0.05) is 29.8 Å². The highest BCUT2D eigenvalue weighted by Crippen LogP contribution is 2.20. The Hall–Kier alpha value is -2.04. The van der Waals surface area contributed by atoms with E-state index in [-0.39, 0.29) is 5.91 Å². The molecule has 1 aliphatic heterocycles. The lowest BCUT2D eigenvalue weighted by molar-refractivity contribution is -0.892. The molecule has 0 spiro atoms. The predicted molar refractivity (Wildman–Crippen MR) is 104 cm³/mol. The number of carbonyl (C=O) groups is 1. The summed E-state index contributed by atoms with van der Waals surface area (Å²) in [7, 11) is 0. The Morgan fingerprint density at radius 2 is 1.84 bits per heavy atom. The van der Waals surface area contributed by atoms with Crippen molar-refractivity contribution in [1.29, 1.82) is 0 Å². The molecule has 0 radical (unpaired) electrons. The second-order valence-electron chi connectivity index (χ2n) is 6.71. The number of nitrogens with zero attached hydrogens (tertiary/aromatic N) is 1. The lowest BCUT2D eigenvalue weighted by Crippen LogP contribution is -3.15. The van der Waals surface area contributed by atoms with Crippen LogP contribution in [0.2, 0.25) is 5.02 Å². The molecule has 2 N–H and O–H groups in total. The van der Waals surface area contributed by atoms with E-state index < -0.39 is 0 Å². The second kappa shape index (κ2) is 7.89. The zero-order chi connectivity index (χ0) is 17.8. The fourth-order valence-electron chi connectivity index (χ4n) is 3.35. The van der Waals surface area contributed by atoms with E-state index in [1.54, 1.807) is 6.07 Å². The lowest BCUT2D eigenvalue weighted by Gasteiger charge is -2.34. The zero-order valence-electron chi connectivity index (χ0n) is 14.8. The number of para-hydroxylation sites is 1. The van der Waals surface area contributed by atoms with Crippen LogP contribution in [-0.4, -0.2) is 38.6 Å². The summed E-state index contributed by atoms with van der Waals surface area (Å²) in [6.45, 7) is 8.51. The van der Waals surface area contributed by atoms with E-state index in [9.17, 15) is 4.79 Å². The Morgan fingerprint density at radius 1 is 1.12 bits per heavy atom. The smallest absolute Gasteiger partial charge is 0.279 e. The monoisotopic (exact) mass is 358 g/mol. The molecule has 0 atom stereocenters. The van der Waals surface area contributed by atoms with Crippen molar-refractivity contribution in [2.45, 2.75) is 13.8 Å². The van der Waals surface area contributed by atoms with Crippen molar-refractivity contribution in [1.82, 2.24) is 0 Å². The number of hydrogen-bond acceptors (Lipinski definition) is 2. The van der Waals surface area contributed by atoms with E-state index >= 15 is 0 Å². The molecular formula is C20H25ClN3O+. The van der Waals surface area contributed by atoms with Crippen LogP contribution in [0, 0.1) is 13.8 Å². The number of halogens is 1. The summed E-state index contributed by atoms with van der Waals surface area (Å²) < 4.78 is 0. The standard InChI is InChI=1S/C20H24ClN3O/c1-15-5-3-4-6-19(15)24-11-9-23(10-12-24)14-20(25)22-18-8-7-17(21)13-16(18)2/h3-8,13H,9-12,14H2,1-2H3,(H,22,25)/p+1. The van der Waals surface area contributed by atoms with Crippen LogP contribution in [0.25, 0.3) is 0 Å². The maximum absolute atomic E-state index is 12.3. The minimum absolute atomic E-state index is 0.0600. The molecule has 4 nitrogen and oxygen atoms in total. The van der Waals surface area contributed by atoms with Crippen molar-refractivity contribution in [2.75, 3.05) is 42.9 Å². The van der Waals surface area contributed by atoms with Crippen molar-refractivity contribution >= 4 is 28.9 Å². The van der Waals surface area contributed by atoms with Gasteiger partial charge in [-0.2, -0.15) is 0 Å². The molecule has 0 aromatic heterocycles. The van der Waals surface area contributed by atoms with Gasteiger partial charge in [0, 0.05) is 16.4 Å². The third-order valence-corrected chi connectivity index (χ3v) is 5.03. The fourth-order valence-corrected chi connectivity index (χ4v) is 3.57. The van der Waals surface area contributed by atoms with E-state index in [4.69, 9.17) is 11.6 Å². The lowest BCUT2D eigenvalue weighted by atomic mass is 10.1. The highest BCUT2D eigenvalue weighted by molar-refractivity contribution is 6.30. The Morgan fingerprint density at radius 3 is 2.52 bits per heavy atom. The number of rotatable bonds is 4. The summed E-state index contributed by atoms with van der Waals surface area (Å²) in [4.78, 5) is 16.1. The molecule has 0 bridgehead atoms. The average molecular weight is 359 g/mol. The van der Waals surface area contributed by atoms with Crippen LogP contribution in [-0.2, 0) is 4.79 Å². The summed E-state index contributed by atoms with van der Waals surface area (Å²) >= 11 is 5.96. The number of carbonyl (C=O) groups excluding carboxylic acids is 1. The van der Waals surface area contributed by atoms with Gasteiger partial charge < -0.3 is 15.1 Å². The molecular weight excluding hydrogens is 334 g/mol. The summed E-state index contributed by atoms with van der Waals surface area (Å²) in [5, 5.41) is 3.69. The molecule has 1 aliphatic rings. The Balaban J connectivity index is 1.52. The molecule has 0 aliphatic carbocycles. The van der Waals surface area contributed by atoms with E-state index in [2.05, 4.69) is 41.4 Å². The van der Waals surface area contributed by atoms with Gasteiger partial charge in [0.25, 0.3) is 5.91 Å². The maximum atomic E-state index is 12.3. The van der Waals surface area contributed by atoms with Crippen LogP contribution in [0.5, 0.6) is 0 Å². The first kappa shape index (κ1) is 17.8. The first-order valence-electron chi connectivity index (χ1n) is 8.73. The van der Waals surface area contributed by atoms with Crippen LogP contribution in [0.4, 0.5) is 11.4 Å². The summed E-state index contributed by atoms with van der Waals surface area (Å²) in [5.74, 6) is 0.0600. The number of anilines is 2. The van der Waals surface area contributed by atoms with Gasteiger partial charge in [-0.3, -0.25) is 4.79 Å². The van der Waals surface area contributed by atoms with Crippen molar-refractivity contribution in [3.8, 4) is 0 Å². The maximum Gasteiger partial charge on any atom is 0.279 e. The molecule has 2 aromatic carbocycles. The minimum atomic E-state index is 0.0600. The topological polar surface area (TPSA) is 36.8 Å². The van der Waals surface area contributed by atoms with Gasteiger partial charge >= 0.3 is 0 Å². The molecule has 0 unspecified atom stereocenters. The van der Waals surface area contributed by atoms with E-state index in [0.29, 0.717) is 11.6 Å². The van der Waals surface area contributed by atoms with Crippen LogP contribution in [0.3, 0.4) is 0 Å². The quantitative estimate of drug-likeness (QED) is 0.880. The van der Waals surface area contributed by atoms with Gasteiger partial charge in [0.2, 0.25) is 0 Å². The fraction of sp³-hybridized carbons (Fsp3) is 0.350. The number of hydrogen-bond donors (Lipinski definition) is 2. The van der Waals surface area contributed by atoms with Gasteiger partial charge in [-0.25, -0.2) is 0 Å². The Bertz CT molecular complexity index is 754. The molecule has 1 amide bonds. The van der Waals surface area contributed by atoms with Crippen molar-refractivity contribution in [3.05, 3.63) is 58.6 Å². The molecule has 3 rings (SSSR count). The van der Waals surface area contributed by atoms with Crippen LogP contribution >= 0.6 is 11.6 Å². The number of aryl methyl sites for hydroxylation is 2. The van der Waals surface area contributed by atoms with Crippen LogP contribution in [0.1, 0.15) is 11.1 Å². The highest BCUT2D eigenvalue weighted by Gasteiger charge is 2.23. The first-order valence-corrected chi connectivity index (χ1v) is 9.11. The highest BCUT2D eigenvalue weighted by atomic mass is 35.5. The van der Waals surface area contributed by atoms with Crippen molar-refractivity contribution in [3.63, 3.8) is 0 Å². The molecule has 1 heterocycles. The average Bonchev–Trinajstić information content (AvgIpc) is 2.59. The van der Waals surface area contributed by atoms with Gasteiger partial charge in [0.15, 0.2) is 6.54 Å². The number of piperazine rings is 1. The van der Waals surface area contributed by atoms with Gasteiger partial charge in [0.1, 0.15) is 0 Å². The zero-order valence-corrected chi connectivity index (χ0v) is 15.6. The van der Waals surface area contributed by atoms with E-state index in [1.165, 1.54) is 16.2 Å². The number of quaternary nitrogens is 1. The number of benzene rings is 2. The summed E-state index contributed by atoms with van der Waals surface area (Å²) in [5.41, 5.74) is 4.44. The third-order valence-electron chi connectivity index (χ3n) is 4.80. The number of nitrogens with one attached hydrogen (secondary N) is 2.